The third-order valence-electron chi connectivity index (χ3n) is 2.54. The fraction of sp³-hybridized carbons (Fsp3) is 0.200. The van der Waals surface area contributed by atoms with E-state index in [0.717, 1.165) is 0 Å². The Hall–Kier alpha value is -2.76. The Balaban J connectivity index is 1.81. The van der Waals surface area contributed by atoms with Crippen LogP contribution in [0.2, 0.25) is 0 Å². The fourth-order valence-electron chi connectivity index (χ4n) is 1.60. The fourth-order valence-corrected chi connectivity index (χ4v) is 1.60. The molecule has 2 rings (SSSR count). The highest BCUT2D eigenvalue weighted by molar-refractivity contribution is 5.94. The Labute approximate surface area is 122 Å². The number of nitrogens with one attached hydrogen (secondary N) is 1. The van der Waals surface area contributed by atoms with Crippen LogP contribution in [0.15, 0.2) is 42.5 Å². The molecule has 0 saturated carbocycles. The van der Waals surface area contributed by atoms with Crippen molar-refractivity contribution in [3.8, 4) is 11.5 Å². The average molecular weight is 289 g/mol. The number of esters is 1. The summed E-state index contributed by atoms with van der Waals surface area (Å²) in [5.41, 5.74) is 0.546. The van der Waals surface area contributed by atoms with E-state index in [1.54, 1.807) is 30.4 Å². The van der Waals surface area contributed by atoms with E-state index in [1.807, 2.05) is 6.92 Å². The summed E-state index contributed by atoms with van der Waals surface area (Å²) >= 11 is 0. The molecule has 0 saturated heterocycles. The van der Waals surface area contributed by atoms with Crippen molar-refractivity contribution >= 4 is 17.6 Å². The monoisotopic (exact) mass is 289 g/mol. The zero-order chi connectivity index (χ0) is 15.1. The first kappa shape index (κ1) is 14.6. The zero-order valence-electron chi connectivity index (χ0n) is 11.5. The first-order valence-electron chi connectivity index (χ1n) is 6.34. The molecular weight excluding hydrogens is 274 g/mol. The molecule has 0 atom stereocenters. The van der Waals surface area contributed by atoms with Gasteiger partial charge in [-0.2, -0.15) is 0 Å². The first-order valence-corrected chi connectivity index (χ1v) is 6.34. The van der Waals surface area contributed by atoms with Crippen molar-refractivity contribution in [2.75, 3.05) is 18.7 Å². The van der Waals surface area contributed by atoms with Crippen LogP contribution in [-0.2, 0) is 14.3 Å². The van der Waals surface area contributed by atoms with Crippen LogP contribution in [0.5, 0.6) is 11.5 Å². The molecule has 21 heavy (non-hydrogen) atoms. The van der Waals surface area contributed by atoms with Crippen LogP contribution in [0.25, 0.3) is 0 Å². The highest BCUT2D eigenvalue weighted by Gasteiger charge is 2.14. The predicted octanol–water partition coefficient (Wildman–Crippen LogP) is 2.03. The summed E-state index contributed by atoms with van der Waals surface area (Å²) in [6, 6.07) is 5.02. The maximum atomic E-state index is 11.6. The number of rotatable bonds is 5. The maximum absolute atomic E-state index is 11.6. The lowest BCUT2D eigenvalue weighted by molar-refractivity contribution is -0.142. The van der Waals surface area contributed by atoms with E-state index in [4.69, 9.17) is 14.2 Å². The van der Waals surface area contributed by atoms with Crippen molar-refractivity contribution in [1.82, 2.24) is 0 Å². The largest absolute Gasteiger partial charge is 0.454 e. The van der Waals surface area contributed by atoms with Crippen LogP contribution < -0.4 is 14.8 Å². The molecular formula is C15H15NO5. The lowest BCUT2D eigenvalue weighted by Crippen LogP contribution is -2.20. The van der Waals surface area contributed by atoms with Gasteiger partial charge in [-0.15, -0.1) is 0 Å². The summed E-state index contributed by atoms with van der Waals surface area (Å²) < 4.78 is 15.2. The summed E-state index contributed by atoms with van der Waals surface area (Å²) in [5, 5.41) is 2.60. The number of fused-ring (bicyclic) bond motifs is 1. The quantitative estimate of drug-likeness (QED) is 0.510. The topological polar surface area (TPSA) is 73.9 Å². The van der Waals surface area contributed by atoms with Crippen LogP contribution in [0.1, 0.15) is 6.92 Å². The summed E-state index contributed by atoms with van der Waals surface area (Å²) in [7, 11) is 0. The molecule has 0 aliphatic carbocycles. The summed E-state index contributed by atoms with van der Waals surface area (Å²) in [6.45, 7) is 1.64. The molecule has 0 bridgehead atoms. The van der Waals surface area contributed by atoms with Gasteiger partial charge in [-0.25, -0.2) is 4.79 Å². The van der Waals surface area contributed by atoms with Gasteiger partial charge in [0.15, 0.2) is 18.1 Å². The van der Waals surface area contributed by atoms with Crippen LogP contribution in [0.4, 0.5) is 5.69 Å². The van der Waals surface area contributed by atoms with E-state index in [1.165, 1.54) is 12.2 Å². The normalized spacial score (nSPS) is 12.8. The van der Waals surface area contributed by atoms with E-state index < -0.39 is 11.9 Å². The van der Waals surface area contributed by atoms with Crippen molar-refractivity contribution in [1.29, 1.82) is 0 Å². The number of hydrogen-bond donors (Lipinski definition) is 1. The minimum absolute atomic E-state index is 0.170. The van der Waals surface area contributed by atoms with Crippen molar-refractivity contribution in [2.24, 2.45) is 0 Å². The van der Waals surface area contributed by atoms with Gasteiger partial charge in [-0.1, -0.05) is 18.2 Å². The number of amides is 1. The standard InChI is InChI=1S/C15H15NO5/c1-2-3-4-5-15(18)19-9-14(17)16-11-6-7-12-13(8-11)21-10-20-12/h2-8H,9-10H2,1H3,(H,16,17)/b3-2+,5-4+. The third-order valence-corrected chi connectivity index (χ3v) is 2.54. The van der Waals surface area contributed by atoms with Gasteiger partial charge >= 0.3 is 5.97 Å². The molecule has 1 heterocycles. The van der Waals surface area contributed by atoms with Gasteiger partial charge in [0.2, 0.25) is 6.79 Å². The van der Waals surface area contributed by atoms with E-state index in [2.05, 4.69) is 5.32 Å². The van der Waals surface area contributed by atoms with Gasteiger partial charge in [0.1, 0.15) is 0 Å². The molecule has 6 nitrogen and oxygen atoms in total. The van der Waals surface area contributed by atoms with Crippen LogP contribution in [0, 0.1) is 0 Å². The second-order valence-corrected chi connectivity index (χ2v) is 4.11. The van der Waals surface area contributed by atoms with Crippen LogP contribution in [-0.4, -0.2) is 25.3 Å². The van der Waals surface area contributed by atoms with Gasteiger partial charge in [-0.3, -0.25) is 4.79 Å². The zero-order valence-corrected chi connectivity index (χ0v) is 11.5. The first-order chi connectivity index (χ1) is 10.2. The molecule has 0 fully saturated rings. The lowest BCUT2D eigenvalue weighted by Gasteiger charge is -2.06. The van der Waals surface area contributed by atoms with Crippen LogP contribution >= 0.6 is 0 Å². The maximum Gasteiger partial charge on any atom is 0.331 e. The van der Waals surface area contributed by atoms with E-state index in [9.17, 15) is 9.59 Å². The number of carbonyl (C=O) groups is 2. The Morgan fingerprint density at radius 1 is 1.29 bits per heavy atom. The average Bonchev–Trinajstić information content (AvgIpc) is 2.93. The molecule has 1 aliphatic rings. The van der Waals surface area contributed by atoms with E-state index in [0.29, 0.717) is 17.2 Å². The Morgan fingerprint density at radius 2 is 2.10 bits per heavy atom. The molecule has 0 radical (unpaired) electrons. The highest BCUT2D eigenvalue weighted by Crippen LogP contribution is 2.34. The third kappa shape index (κ3) is 4.38. The van der Waals surface area contributed by atoms with Gasteiger partial charge in [0.25, 0.3) is 5.91 Å². The van der Waals surface area contributed by atoms with Crippen molar-refractivity contribution < 1.29 is 23.8 Å². The molecule has 1 N–H and O–H groups in total. The number of ether oxygens (including phenoxy) is 3. The minimum atomic E-state index is -0.575. The second-order valence-electron chi connectivity index (χ2n) is 4.11. The molecule has 1 aromatic carbocycles. The van der Waals surface area contributed by atoms with Gasteiger partial charge in [-0.05, 0) is 19.1 Å². The summed E-state index contributed by atoms with van der Waals surface area (Å²) in [6.07, 6.45) is 6.25. The Kier molecular flexibility index (Phi) is 4.98. The second kappa shape index (κ2) is 7.14. The van der Waals surface area contributed by atoms with Crippen molar-refractivity contribution in [2.45, 2.75) is 6.92 Å². The SMILES string of the molecule is C/C=C/C=C/C(=O)OCC(=O)Nc1ccc2c(c1)OCO2. The number of hydrogen-bond acceptors (Lipinski definition) is 5. The summed E-state index contributed by atoms with van der Waals surface area (Å²) in [4.78, 5) is 22.9. The molecule has 1 aliphatic heterocycles. The molecule has 6 heteroatoms. The molecule has 0 spiro atoms. The van der Waals surface area contributed by atoms with Crippen molar-refractivity contribution in [3.63, 3.8) is 0 Å². The highest BCUT2D eigenvalue weighted by atomic mass is 16.7. The number of allylic oxidation sites excluding steroid dienone is 3. The molecule has 0 aromatic heterocycles. The van der Waals surface area contributed by atoms with Crippen LogP contribution in [0.3, 0.4) is 0 Å². The molecule has 1 amide bonds. The van der Waals surface area contributed by atoms with E-state index >= 15 is 0 Å². The smallest absolute Gasteiger partial charge is 0.331 e. The minimum Gasteiger partial charge on any atom is -0.454 e. The number of benzene rings is 1. The Morgan fingerprint density at radius 3 is 2.90 bits per heavy atom. The predicted molar refractivity (Wildman–Crippen MR) is 76.1 cm³/mol. The summed E-state index contributed by atoms with van der Waals surface area (Å²) in [5.74, 6) is 0.197. The Bertz CT molecular complexity index is 592. The molecule has 110 valence electrons. The molecule has 0 unspecified atom stereocenters. The molecule has 1 aromatic rings. The number of carbonyl (C=O) groups excluding carboxylic acids is 2. The van der Waals surface area contributed by atoms with Crippen molar-refractivity contribution in [3.05, 3.63) is 42.5 Å². The number of anilines is 1. The lowest BCUT2D eigenvalue weighted by atomic mass is 10.3. The van der Waals surface area contributed by atoms with Gasteiger partial charge in [0, 0.05) is 17.8 Å². The van der Waals surface area contributed by atoms with Gasteiger partial charge in [0.05, 0.1) is 0 Å². The van der Waals surface area contributed by atoms with Gasteiger partial charge < -0.3 is 19.5 Å². The van der Waals surface area contributed by atoms with E-state index in [-0.39, 0.29) is 13.4 Å².